The average molecular weight is 737 g/mol. The molecule has 4 aromatic heterocycles. The van der Waals surface area contributed by atoms with Gasteiger partial charge in [-0.2, -0.15) is 13.2 Å². The molecule has 1 amide bonds. The summed E-state index contributed by atoms with van der Waals surface area (Å²) >= 11 is 0. The second-order valence-corrected chi connectivity index (χ2v) is 11.7. The number of nitrogens with zero attached hydrogens (tertiary/aromatic N) is 6. The van der Waals surface area contributed by atoms with Crippen molar-refractivity contribution >= 4 is 65.4 Å². The number of allylic oxidation sites excluding steroid dienone is 2. The molecule has 1 aliphatic heterocycles. The smallest absolute Gasteiger partial charge is 0.417 e. The number of hydrogen-bond acceptors (Lipinski definition) is 6. The third-order valence-electron chi connectivity index (χ3n) is 8.63. The number of pyridine rings is 2. The fourth-order valence-electron chi connectivity index (χ4n) is 6.05. The van der Waals surface area contributed by atoms with Gasteiger partial charge >= 0.3 is 6.18 Å². The van der Waals surface area contributed by atoms with E-state index in [0.29, 0.717) is 41.5 Å². The van der Waals surface area contributed by atoms with Crippen LogP contribution in [0.5, 0.6) is 5.75 Å². The van der Waals surface area contributed by atoms with E-state index < -0.39 is 17.6 Å². The van der Waals surface area contributed by atoms with E-state index in [1.54, 1.807) is 16.7 Å². The first-order valence-corrected chi connectivity index (χ1v) is 15.2. The first-order chi connectivity index (χ1) is 22.2. The van der Waals surface area contributed by atoms with Gasteiger partial charge in [-0.3, -0.25) is 19.1 Å². The quantitative estimate of drug-likeness (QED) is 0.202. The predicted octanol–water partition coefficient (Wildman–Crippen LogP) is 6.65. The van der Waals surface area contributed by atoms with Gasteiger partial charge in [0.15, 0.2) is 0 Å². The third kappa shape index (κ3) is 8.11. The maximum absolute atomic E-state index is 13.6. The molecule has 0 saturated carbocycles. The molecule has 260 valence electrons. The fraction of sp³-hybridized carbons (Fsp3) is 0.294. The van der Waals surface area contributed by atoms with Gasteiger partial charge < -0.3 is 14.6 Å². The van der Waals surface area contributed by atoms with Crippen LogP contribution >= 0.6 is 37.2 Å². The van der Waals surface area contributed by atoms with E-state index in [-0.39, 0.29) is 43.1 Å². The number of hydrogen-bond donors (Lipinski definition) is 1. The standard InChI is InChI=1S/C34H32F3N7O2.3ClH/c1-42-12-14-43(15-13-42)16-17-46-25-10-11-44-29(21-39-30(44)19-25)33(45)41-28-9-6-22(18-24-8-7-23(20-38-24)34(35,36)37)32-31(28)26-4-2-3-5-27(26)40-32;;;/h2-11,19-22,40H,12-18H2,1H3;3*1H. The number of H-pyrrole nitrogens is 1. The molecule has 15 heteroatoms. The number of halogens is 6. The van der Waals surface area contributed by atoms with Crippen molar-refractivity contribution in [1.29, 1.82) is 0 Å². The van der Waals surface area contributed by atoms with Gasteiger partial charge in [0.2, 0.25) is 0 Å². The Labute approximate surface area is 299 Å². The lowest BCUT2D eigenvalue weighted by Gasteiger charge is -2.32. The summed E-state index contributed by atoms with van der Waals surface area (Å²) in [6, 6.07) is 13.8. The number of ether oxygens (including phenoxy) is 1. The van der Waals surface area contributed by atoms with Crippen molar-refractivity contribution in [3.05, 3.63) is 107 Å². The van der Waals surface area contributed by atoms with Crippen molar-refractivity contribution in [3.63, 3.8) is 0 Å². The van der Waals surface area contributed by atoms with Gasteiger partial charge in [0.05, 0.1) is 17.5 Å². The highest BCUT2D eigenvalue weighted by Crippen LogP contribution is 2.35. The first-order valence-electron chi connectivity index (χ1n) is 15.2. The van der Waals surface area contributed by atoms with Crippen molar-refractivity contribution < 1.29 is 22.7 Å². The number of amides is 1. The van der Waals surface area contributed by atoms with Crippen LogP contribution < -0.4 is 4.74 Å². The number of carbonyl (C=O) groups excluding carboxylic acids is 1. The molecule has 0 radical (unpaired) electrons. The van der Waals surface area contributed by atoms with Gasteiger partial charge in [0.25, 0.3) is 5.91 Å². The molecule has 1 aromatic carbocycles. The Balaban J connectivity index is 0.00000180. The number of nitrogens with one attached hydrogen (secondary N) is 1. The van der Waals surface area contributed by atoms with Crippen molar-refractivity contribution in [2.75, 3.05) is 46.4 Å². The van der Waals surface area contributed by atoms with E-state index in [0.717, 1.165) is 67.1 Å². The summed E-state index contributed by atoms with van der Waals surface area (Å²) in [5.74, 6) is 0.0332. The molecule has 1 unspecified atom stereocenters. The molecule has 5 heterocycles. The predicted molar refractivity (Wildman–Crippen MR) is 190 cm³/mol. The Morgan fingerprint density at radius 2 is 1.80 bits per heavy atom. The number of benzene rings is 1. The zero-order chi connectivity index (χ0) is 31.8. The molecule has 9 nitrogen and oxygen atoms in total. The zero-order valence-corrected chi connectivity index (χ0v) is 28.8. The summed E-state index contributed by atoms with van der Waals surface area (Å²) in [7, 11) is 2.13. The summed E-state index contributed by atoms with van der Waals surface area (Å²) in [5.41, 5.74) is 3.62. The molecule has 2 aliphatic rings. The van der Waals surface area contributed by atoms with Gasteiger partial charge in [0, 0.05) is 91.4 Å². The number of fused-ring (bicyclic) bond motifs is 4. The van der Waals surface area contributed by atoms with Crippen LogP contribution in [-0.2, 0) is 12.6 Å². The highest BCUT2D eigenvalue weighted by molar-refractivity contribution is 6.22. The van der Waals surface area contributed by atoms with E-state index in [1.807, 2.05) is 42.5 Å². The molecule has 0 bridgehead atoms. The van der Waals surface area contributed by atoms with Crippen molar-refractivity contribution in [2.24, 2.45) is 4.99 Å². The third-order valence-corrected chi connectivity index (χ3v) is 8.63. The lowest BCUT2D eigenvalue weighted by Crippen LogP contribution is -2.45. The first kappa shape index (κ1) is 37.9. The molecular formula is C34H35Cl3F3N7O2. The van der Waals surface area contributed by atoms with Crippen LogP contribution in [0.2, 0.25) is 0 Å². The molecule has 1 N–H and O–H groups in total. The average Bonchev–Trinajstić information content (AvgIpc) is 3.65. The number of aromatic nitrogens is 4. The molecule has 5 aromatic rings. The fourth-order valence-corrected chi connectivity index (χ4v) is 6.05. The number of piperazine rings is 1. The van der Waals surface area contributed by atoms with Crippen LogP contribution in [0.3, 0.4) is 0 Å². The molecule has 1 atom stereocenters. The summed E-state index contributed by atoms with van der Waals surface area (Å²) in [4.78, 5) is 34.8. The van der Waals surface area contributed by atoms with Crippen LogP contribution in [-0.4, -0.2) is 87.1 Å². The Morgan fingerprint density at radius 3 is 2.53 bits per heavy atom. The molecule has 1 fully saturated rings. The largest absolute Gasteiger partial charge is 0.492 e. The Hall–Kier alpha value is -3.94. The Bertz CT molecular complexity index is 1970. The molecule has 0 spiro atoms. The van der Waals surface area contributed by atoms with Gasteiger partial charge in [-0.1, -0.05) is 24.3 Å². The molecule has 7 rings (SSSR count). The van der Waals surface area contributed by atoms with Crippen LogP contribution in [0.1, 0.15) is 38.9 Å². The van der Waals surface area contributed by atoms with Crippen LogP contribution in [0.25, 0.3) is 16.6 Å². The summed E-state index contributed by atoms with van der Waals surface area (Å²) < 4.78 is 46.8. The maximum atomic E-state index is 13.6. The normalized spacial score (nSPS) is 17.3. The summed E-state index contributed by atoms with van der Waals surface area (Å²) in [6.45, 7) is 5.58. The highest BCUT2D eigenvalue weighted by Gasteiger charge is 2.31. The van der Waals surface area contributed by atoms with Gasteiger partial charge in [0.1, 0.15) is 23.7 Å². The van der Waals surface area contributed by atoms with Gasteiger partial charge in [-0.15, -0.1) is 37.2 Å². The lowest BCUT2D eigenvalue weighted by molar-refractivity contribution is -0.137. The highest BCUT2D eigenvalue weighted by atomic mass is 35.5. The SMILES string of the molecule is CN1CCN(CCOc2ccn3c(C(=O)N=C4C=CC(Cc5ccc(C(F)(F)F)cn5)c5[nH]c6ccccc6c54)cnc3c2)CC1.Cl.Cl.Cl. The number of likely N-dealkylation sites (N-methyl/N-ethyl adjacent to an activating group) is 1. The Morgan fingerprint density at radius 1 is 1.02 bits per heavy atom. The van der Waals surface area contributed by atoms with Gasteiger partial charge in [-0.25, -0.2) is 9.98 Å². The van der Waals surface area contributed by atoms with E-state index in [9.17, 15) is 18.0 Å². The second kappa shape index (κ2) is 15.7. The Kier molecular flexibility index (Phi) is 12.2. The molecule has 49 heavy (non-hydrogen) atoms. The van der Waals surface area contributed by atoms with Crippen LogP contribution in [0.4, 0.5) is 13.2 Å². The number of rotatable bonds is 7. The zero-order valence-electron chi connectivity index (χ0n) is 26.4. The minimum atomic E-state index is -4.44. The van der Waals surface area contributed by atoms with Gasteiger partial charge in [-0.05, 0) is 37.4 Å². The van der Waals surface area contributed by atoms with Crippen molar-refractivity contribution in [3.8, 4) is 5.75 Å². The summed E-state index contributed by atoms with van der Waals surface area (Å²) in [6.07, 6.45) is 3.77. The monoisotopic (exact) mass is 735 g/mol. The molecule has 1 saturated heterocycles. The van der Waals surface area contributed by atoms with E-state index in [2.05, 4.69) is 36.8 Å². The second-order valence-electron chi connectivity index (χ2n) is 11.7. The van der Waals surface area contributed by atoms with Crippen LogP contribution in [0.15, 0.2) is 84.3 Å². The lowest BCUT2D eigenvalue weighted by atomic mass is 9.88. The maximum Gasteiger partial charge on any atom is 0.417 e. The van der Waals surface area contributed by atoms with Crippen molar-refractivity contribution in [1.82, 2.24) is 29.2 Å². The number of aromatic amines is 1. The van der Waals surface area contributed by atoms with Crippen LogP contribution in [0, 0.1) is 0 Å². The minimum Gasteiger partial charge on any atom is -0.492 e. The van der Waals surface area contributed by atoms with E-state index in [1.165, 1.54) is 12.3 Å². The van der Waals surface area contributed by atoms with E-state index >= 15 is 0 Å². The topological polar surface area (TPSA) is 91.1 Å². The van der Waals surface area contributed by atoms with E-state index in [4.69, 9.17) is 4.74 Å². The van der Waals surface area contributed by atoms with Crippen molar-refractivity contribution in [2.45, 2.75) is 18.5 Å². The molecule has 1 aliphatic carbocycles. The molecular weight excluding hydrogens is 702 g/mol. The number of imidazole rings is 1. The number of carbonyl (C=O) groups is 1. The number of para-hydroxylation sites is 1. The summed E-state index contributed by atoms with van der Waals surface area (Å²) in [5, 5.41) is 0.898. The minimum absolute atomic E-state index is 0. The number of alkyl halides is 3. The number of aliphatic imine (C=N–C) groups is 1.